The van der Waals surface area contributed by atoms with Gasteiger partial charge in [-0.1, -0.05) is 47.9 Å². The van der Waals surface area contributed by atoms with E-state index < -0.39 is 0 Å². The largest absolute Gasteiger partial charge is 0.507 e. The van der Waals surface area contributed by atoms with Crippen molar-refractivity contribution < 1.29 is 9.90 Å². The quantitative estimate of drug-likeness (QED) is 0.796. The molecule has 0 saturated carbocycles. The van der Waals surface area contributed by atoms with Crippen molar-refractivity contribution >= 4 is 27.6 Å². The lowest BCUT2D eigenvalue weighted by Crippen LogP contribution is -1.83. The van der Waals surface area contributed by atoms with E-state index in [-0.39, 0.29) is 10.9 Å². The van der Waals surface area contributed by atoms with E-state index in [1.165, 1.54) is 18.7 Å². The Balaban J connectivity index is 2.34. The summed E-state index contributed by atoms with van der Waals surface area (Å²) in [4.78, 5) is 10.8. The predicted octanol–water partition coefficient (Wildman–Crippen LogP) is 3.18. The molecule has 0 radical (unpaired) electrons. The summed E-state index contributed by atoms with van der Waals surface area (Å²) in [6, 6.07) is 11.0. The van der Waals surface area contributed by atoms with Crippen LogP contribution in [0.5, 0.6) is 5.75 Å². The number of hydrogen-bond acceptors (Lipinski definition) is 3. The number of carbonyl (C=O) groups excluding carboxylic acids is 1. The highest BCUT2D eigenvalue weighted by Crippen LogP contribution is 2.26. The number of benzene rings is 2. The van der Waals surface area contributed by atoms with E-state index in [2.05, 4.69) is 11.8 Å². The molecule has 0 saturated heterocycles. The zero-order valence-electron chi connectivity index (χ0n) is 9.93. The number of aromatic hydroxyl groups is 1. The van der Waals surface area contributed by atoms with Gasteiger partial charge in [-0.3, -0.25) is 4.79 Å². The fourth-order valence-corrected chi connectivity index (χ4v) is 2.01. The minimum atomic E-state index is 0.0693. The molecule has 0 aromatic heterocycles. The first kappa shape index (κ1) is 12.5. The minimum Gasteiger partial charge on any atom is -0.507 e. The van der Waals surface area contributed by atoms with Crippen molar-refractivity contribution in [1.82, 2.24) is 0 Å². The maximum atomic E-state index is 10.8. The number of phenols is 1. The van der Waals surface area contributed by atoms with E-state index in [0.717, 1.165) is 16.3 Å². The van der Waals surface area contributed by atoms with Crippen LogP contribution in [0.1, 0.15) is 12.5 Å². The number of hydrogen-bond donors (Lipinski definition) is 1. The number of thioether (sulfide) groups is 1. The van der Waals surface area contributed by atoms with Crippen LogP contribution in [0, 0.1) is 11.8 Å². The van der Waals surface area contributed by atoms with Crippen LogP contribution in [0.25, 0.3) is 10.8 Å². The SMILES string of the molecule is CC(=O)SCC#Cc1ccc(O)c2ccccc12. The van der Waals surface area contributed by atoms with Crippen molar-refractivity contribution in [3.8, 4) is 17.6 Å². The van der Waals surface area contributed by atoms with Crippen LogP contribution >= 0.6 is 11.8 Å². The van der Waals surface area contributed by atoms with Crippen molar-refractivity contribution in [2.24, 2.45) is 0 Å². The molecular formula is C15H12O2S. The third-order valence-corrected chi connectivity index (χ3v) is 3.17. The Kier molecular flexibility index (Phi) is 3.91. The molecule has 2 nitrogen and oxygen atoms in total. The molecule has 0 heterocycles. The number of rotatable bonds is 1. The lowest BCUT2D eigenvalue weighted by atomic mass is 10.0. The predicted molar refractivity (Wildman–Crippen MR) is 75.6 cm³/mol. The first-order chi connectivity index (χ1) is 8.68. The van der Waals surface area contributed by atoms with Crippen molar-refractivity contribution in [2.75, 3.05) is 5.75 Å². The van der Waals surface area contributed by atoms with E-state index in [4.69, 9.17) is 0 Å². The van der Waals surface area contributed by atoms with Gasteiger partial charge in [0.2, 0.25) is 0 Å². The topological polar surface area (TPSA) is 37.3 Å². The van der Waals surface area contributed by atoms with Gasteiger partial charge >= 0.3 is 0 Å². The summed E-state index contributed by atoms with van der Waals surface area (Å²) in [5.41, 5.74) is 0.868. The van der Waals surface area contributed by atoms with Crippen LogP contribution < -0.4 is 0 Å². The van der Waals surface area contributed by atoms with Crippen LogP contribution in [0.3, 0.4) is 0 Å². The summed E-state index contributed by atoms with van der Waals surface area (Å²) >= 11 is 1.20. The molecule has 3 heteroatoms. The molecule has 0 fully saturated rings. The molecule has 90 valence electrons. The molecule has 0 aliphatic heterocycles. The molecule has 2 rings (SSSR count). The molecule has 0 aliphatic carbocycles. The van der Waals surface area contributed by atoms with E-state index in [0.29, 0.717) is 5.75 Å². The lowest BCUT2D eigenvalue weighted by molar-refractivity contribution is -0.109. The Morgan fingerprint density at radius 3 is 2.67 bits per heavy atom. The van der Waals surface area contributed by atoms with Crippen molar-refractivity contribution in [2.45, 2.75) is 6.92 Å². The molecule has 2 aromatic rings. The summed E-state index contributed by atoms with van der Waals surface area (Å²) in [5, 5.41) is 11.5. The Morgan fingerprint density at radius 2 is 1.94 bits per heavy atom. The van der Waals surface area contributed by atoms with Crippen LogP contribution in [0.4, 0.5) is 0 Å². The van der Waals surface area contributed by atoms with Crippen LogP contribution in [0.2, 0.25) is 0 Å². The summed E-state index contributed by atoms with van der Waals surface area (Å²) in [5.74, 6) is 6.74. The highest BCUT2D eigenvalue weighted by molar-refractivity contribution is 8.13. The van der Waals surface area contributed by atoms with Crippen molar-refractivity contribution in [1.29, 1.82) is 0 Å². The van der Waals surface area contributed by atoms with Gasteiger partial charge in [-0.2, -0.15) is 0 Å². The normalized spacial score (nSPS) is 9.83. The second-order valence-corrected chi connectivity index (χ2v) is 4.91. The summed E-state index contributed by atoms with van der Waals surface area (Å²) < 4.78 is 0. The molecule has 0 unspecified atom stereocenters. The molecule has 0 amide bonds. The first-order valence-electron chi connectivity index (χ1n) is 5.51. The van der Waals surface area contributed by atoms with Crippen LogP contribution in [0.15, 0.2) is 36.4 Å². The number of fused-ring (bicyclic) bond motifs is 1. The Hall–Kier alpha value is -1.92. The summed E-state index contributed by atoms with van der Waals surface area (Å²) in [6.07, 6.45) is 0. The zero-order valence-corrected chi connectivity index (χ0v) is 10.8. The average Bonchev–Trinajstić information content (AvgIpc) is 2.37. The van der Waals surface area contributed by atoms with E-state index in [1.807, 2.05) is 24.3 Å². The highest BCUT2D eigenvalue weighted by Gasteiger charge is 2.02. The Labute approximate surface area is 110 Å². The van der Waals surface area contributed by atoms with E-state index in [9.17, 15) is 9.90 Å². The zero-order chi connectivity index (χ0) is 13.0. The highest BCUT2D eigenvalue weighted by atomic mass is 32.2. The van der Waals surface area contributed by atoms with Crippen molar-refractivity contribution in [3.05, 3.63) is 42.0 Å². The van der Waals surface area contributed by atoms with Gasteiger partial charge in [-0.05, 0) is 12.1 Å². The second kappa shape index (κ2) is 5.61. The standard InChI is InChI=1S/C15H12O2S/c1-11(16)18-10-4-5-12-8-9-15(17)14-7-3-2-6-13(12)14/h2-3,6-9,17H,10H2,1H3. The van der Waals surface area contributed by atoms with Gasteiger partial charge in [-0.25, -0.2) is 0 Å². The van der Waals surface area contributed by atoms with Gasteiger partial charge in [0.1, 0.15) is 5.75 Å². The first-order valence-corrected chi connectivity index (χ1v) is 6.50. The smallest absolute Gasteiger partial charge is 0.186 e. The Morgan fingerprint density at radius 1 is 1.22 bits per heavy atom. The van der Waals surface area contributed by atoms with Crippen LogP contribution in [-0.2, 0) is 4.79 Å². The number of carbonyl (C=O) groups is 1. The summed E-state index contributed by atoms with van der Waals surface area (Å²) in [7, 11) is 0. The molecule has 18 heavy (non-hydrogen) atoms. The molecule has 1 N–H and O–H groups in total. The third-order valence-electron chi connectivity index (χ3n) is 2.47. The Bertz CT molecular complexity index is 650. The van der Waals surface area contributed by atoms with E-state index >= 15 is 0 Å². The van der Waals surface area contributed by atoms with Crippen LogP contribution in [-0.4, -0.2) is 16.0 Å². The molecular weight excluding hydrogens is 244 g/mol. The second-order valence-electron chi connectivity index (χ2n) is 3.76. The van der Waals surface area contributed by atoms with Gasteiger partial charge in [-0.15, -0.1) is 0 Å². The maximum Gasteiger partial charge on any atom is 0.186 e. The maximum absolute atomic E-state index is 10.8. The van der Waals surface area contributed by atoms with Gasteiger partial charge in [0.15, 0.2) is 5.12 Å². The fraction of sp³-hybridized carbons (Fsp3) is 0.133. The third kappa shape index (κ3) is 2.85. The molecule has 0 bridgehead atoms. The van der Waals surface area contributed by atoms with E-state index in [1.54, 1.807) is 12.1 Å². The fourth-order valence-electron chi connectivity index (χ4n) is 1.66. The van der Waals surface area contributed by atoms with Gasteiger partial charge < -0.3 is 5.11 Å². The van der Waals surface area contributed by atoms with Gasteiger partial charge in [0.25, 0.3) is 0 Å². The monoisotopic (exact) mass is 256 g/mol. The molecule has 2 aromatic carbocycles. The number of phenolic OH excluding ortho intramolecular Hbond substituents is 1. The summed E-state index contributed by atoms with van der Waals surface area (Å²) in [6.45, 7) is 1.53. The molecule has 0 spiro atoms. The van der Waals surface area contributed by atoms with Gasteiger partial charge in [0.05, 0.1) is 5.75 Å². The lowest BCUT2D eigenvalue weighted by Gasteiger charge is -2.02. The molecule has 0 atom stereocenters. The molecule has 0 aliphatic rings. The average molecular weight is 256 g/mol. The minimum absolute atomic E-state index is 0.0693. The van der Waals surface area contributed by atoms with Crippen molar-refractivity contribution in [3.63, 3.8) is 0 Å². The van der Waals surface area contributed by atoms with Gasteiger partial charge in [0, 0.05) is 23.3 Å².